The molecule has 1 N–H and O–H groups in total. The minimum Gasteiger partial charge on any atom is -0.492 e. The first-order valence-electron chi connectivity index (χ1n) is 9.32. The zero-order chi connectivity index (χ0) is 16.5. The van der Waals surface area contributed by atoms with Gasteiger partial charge in [0, 0.05) is 42.1 Å². The molecule has 1 saturated carbocycles. The number of ether oxygens (including phenoxy) is 1. The second-order valence-corrected chi connectivity index (χ2v) is 7.04. The molecule has 1 aliphatic heterocycles. The van der Waals surface area contributed by atoms with Crippen molar-refractivity contribution in [2.45, 2.75) is 52.0 Å². The van der Waals surface area contributed by atoms with Crippen molar-refractivity contribution in [3.05, 3.63) is 29.5 Å². The largest absolute Gasteiger partial charge is 0.492 e. The van der Waals surface area contributed by atoms with Gasteiger partial charge in [0.15, 0.2) is 0 Å². The molecule has 0 spiro atoms. The van der Waals surface area contributed by atoms with Gasteiger partial charge in [-0.2, -0.15) is 0 Å². The average molecular weight is 326 g/mol. The maximum Gasteiger partial charge on any atom is 0.225 e. The maximum absolute atomic E-state index is 12.9. The summed E-state index contributed by atoms with van der Waals surface area (Å²) in [6, 6.07) is 6.20. The first-order chi connectivity index (χ1) is 11.8. The molecule has 128 valence electrons. The van der Waals surface area contributed by atoms with Gasteiger partial charge in [-0.25, -0.2) is 0 Å². The van der Waals surface area contributed by atoms with Crippen molar-refractivity contribution >= 4 is 16.8 Å². The van der Waals surface area contributed by atoms with E-state index >= 15 is 0 Å². The van der Waals surface area contributed by atoms with Gasteiger partial charge in [-0.05, 0) is 25.8 Å². The zero-order valence-electron chi connectivity index (χ0n) is 14.4. The monoisotopic (exact) mass is 326 g/mol. The van der Waals surface area contributed by atoms with Crippen LogP contribution in [0.3, 0.4) is 0 Å². The molecule has 4 nitrogen and oxygen atoms in total. The average Bonchev–Trinajstić information content (AvgIpc) is 3.01. The third kappa shape index (κ3) is 2.68. The van der Waals surface area contributed by atoms with E-state index in [9.17, 15) is 4.79 Å². The molecule has 0 saturated heterocycles. The lowest BCUT2D eigenvalue weighted by Crippen LogP contribution is -2.40. The molecule has 0 atom stereocenters. The number of rotatable bonds is 3. The van der Waals surface area contributed by atoms with E-state index in [1.54, 1.807) is 0 Å². The zero-order valence-corrected chi connectivity index (χ0v) is 14.4. The highest BCUT2D eigenvalue weighted by Gasteiger charge is 2.30. The molecular weight excluding hydrogens is 300 g/mol. The van der Waals surface area contributed by atoms with Gasteiger partial charge in [-0.3, -0.25) is 4.79 Å². The Labute approximate surface area is 143 Å². The number of para-hydroxylation sites is 1. The second kappa shape index (κ2) is 6.50. The summed E-state index contributed by atoms with van der Waals surface area (Å²) in [5, 5.41) is 1.21. The molecule has 1 amide bonds. The summed E-state index contributed by atoms with van der Waals surface area (Å²) in [6.45, 7) is 4.24. The van der Waals surface area contributed by atoms with E-state index in [0.29, 0.717) is 12.5 Å². The predicted molar refractivity (Wildman–Crippen MR) is 95.2 cm³/mol. The fraction of sp³-hybridized carbons (Fsp3) is 0.550. The number of carbonyl (C=O) groups is 1. The van der Waals surface area contributed by atoms with Gasteiger partial charge in [0.2, 0.25) is 5.91 Å². The first kappa shape index (κ1) is 15.6. The van der Waals surface area contributed by atoms with Crippen LogP contribution in [-0.4, -0.2) is 28.9 Å². The van der Waals surface area contributed by atoms with Gasteiger partial charge in [0.25, 0.3) is 0 Å². The second-order valence-electron chi connectivity index (χ2n) is 7.04. The Kier molecular flexibility index (Phi) is 4.21. The van der Waals surface area contributed by atoms with E-state index in [2.05, 4.69) is 16.0 Å². The SMILES string of the molecule is CCOc1cccc2c3c([nH]c12)CCN(C(=O)C1CCCCC1)C3. The molecule has 4 rings (SSSR count). The standard InChI is InChI=1S/C20H26N2O2/c1-2-24-18-10-6-9-15-16-13-22(12-11-17(16)21-19(15)18)20(23)14-7-4-3-5-8-14/h6,9-10,14,21H,2-5,7-8,11-13H2,1H3. The Morgan fingerprint density at radius 2 is 2.12 bits per heavy atom. The van der Waals surface area contributed by atoms with E-state index < -0.39 is 0 Å². The van der Waals surface area contributed by atoms with Gasteiger partial charge >= 0.3 is 0 Å². The Morgan fingerprint density at radius 3 is 2.92 bits per heavy atom. The van der Waals surface area contributed by atoms with Crippen LogP contribution < -0.4 is 4.74 Å². The number of aromatic nitrogens is 1. The van der Waals surface area contributed by atoms with Crippen LogP contribution in [0.5, 0.6) is 5.75 Å². The van der Waals surface area contributed by atoms with Gasteiger partial charge in [-0.1, -0.05) is 31.4 Å². The smallest absolute Gasteiger partial charge is 0.225 e. The van der Waals surface area contributed by atoms with Gasteiger partial charge in [-0.15, -0.1) is 0 Å². The van der Waals surface area contributed by atoms with E-state index in [-0.39, 0.29) is 5.92 Å². The van der Waals surface area contributed by atoms with Crippen LogP contribution in [0, 0.1) is 5.92 Å². The lowest BCUT2D eigenvalue weighted by Gasteiger charge is -2.32. The van der Waals surface area contributed by atoms with Crippen molar-refractivity contribution in [3.63, 3.8) is 0 Å². The number of nitrogens with one attached hydrogen (secondary N) is 1. The lowest BCUT2D eigenvalue weighted by molar-refractivity contribution is -0.137. The van der Waals surface area contributed by atoms with Crippen LogP contribution in [0.1, 0.15) is 50.3 Å². The molecule has 2 aromatic rings. The summed E-state index contributed by atoms with van der Waals surface area (Å²) in [6.07, 6.45) is 6.76. The fourth-order valence-electron chi connectivity index (χ4n) is 4.28. The molecule has 0 unspecified atom stereocenters. The number of carbonyl (C=O) groups excluding carboxylic acids is 1. The van der Waals surface area contributed by atoms with E-state index in [4.69, 9.17) is 4.74 Å². The topological polar surface area (TPSA) is 45.3 Å². The van der Waals surface area contributed by atoms with Crippen LogP contribution in [-0.2, 0) is 17.8 Å². The molecule has 1 fully saturated rings. The third-order valence-electron chi connectivity index (χ3n) is 5.54. The molecule has 4 heteroatoms. The summed E-state index contributed by atoms with van der Waals surface area (Å²) in [7, 11) is 0. The van der Waals surface area contributed by atoms with Crippen LogP contribution in [0.4, 0.5) is 0 Å². The molecule has 1 aliphatic carbocycles. The molecule has 1 aromatic carbocycles. The number of amides is 1. The maximum atomic E-state index is 12.9. The number of benzene rings is 1. The number of nitrogens with zero attached hydrogens (tertiary/aromatic N) is 1. The highest BCUT2D eigenvalue weighted by Crippen LogP contribution is 2.34. The van der Waals surface area contributed by atoms with Gasteiger partial charge < -0.3 is 14.6 Å². The summed E-state index contributed by atoms with van der Waals surface area (Å²) in [4.78, 5) is 18.5. The predicted octanol–water partition coefficient (Wildman–Crippen LogP) is 4.03. The summed E-state index contributed by atoms with van der Waals surface area (Å²) < 4.78 is 5.75. The van der Waals surface area contributed by atoms with Crippen molar-refractivity contribution in [3.8, 4) is 5.75 Å². The summed E-state index contributed by atoms with van der Waals surface area (Å²) in [5.74, 6) is 1.54. The Hall–Kier alpha value is -1.97. The first-order valence-corrected chi connectivity index (χ1v) is 9.32. The Morgan fingerprint density at radius 1 is 1.29 bits per heavy atom. The molecule has 0 radical (unpaired) electrons. The number of hydrogen-bond acceptors (Lipinski definition) is 2. The molecule has 0 bridgehead atoms. The molecular formula is C20H26N2O2. The van der Waals surface area contributed by atoms with Crippen molar-refractivity contribution < 1.29 is 9.53 Å². The normalized spacial score (nSPS) is 18.6. The molecule has 2 aliphatic rings. The van der Waals surface area contributed by atoms with Crippen molar-refractivity contribution in [1.29, 1.82) is 0 Å². The van der Waals surface area contributed by atoms with E-state index in [0.717, 1.165) is 43.6 Å². The Balaban J connectivity index is 1.61. The highest BCUT2D eigenvalue weighted by molar-refractivity contribution is 5.90. The minimum atomic E-state index is 0.254. The van der Waals surface area contributed by atoms with Crippen molar-refractivity contribution in [2.24, 2.45) is 5.92 Å². The number of H-pyrrole nitrogens is 1. The van der Waals surface area contributed by atoms with E-state index in [1.165, 1.54) is 35.9 Å². The lowest BCUT2D eigenvalue weighted by atomic mass is 9.87. The number of aromatic amines is 1. The van der Waals surface area contributed by atoms with Crippen molar-refractivity contribution in [1.82, 2.24) is 9.88 Å². The Bertz CT molecular complexity index is 743. The van der Waals surface area contributed by atoms with Crippen LogP contribution >= 0.6 is 0 Å². The molecule has 1 aromatic heterocycles. The van der Waals surface area contributed by atoms with Crippen LogP contribution in [0.2, 0.25) is 0 Å². The van der Waals surface area contributed by atoms with Crippen molar-refractivity contribution in [2.75, 3.05) is 13.2 Å². The van der Waals surface area contributed by atoms with Crippen LogP contribution in [0.25, 0.3) is 10.9 Å². The summed E-state index contributed by atoms with van der Waals surface area (Å²) in [5.41, 5.74) is 3.63. The number of hydrogen-bond donors (Lipinski definition) is 1. The van der Waals surface area contributed by atoms with Gasteiger partial charge in [0.05, 0.1) is 12.1 Å². The third-order valence-corrected chi connectivity index (χ3v) is 5.54. The minimum absolute atomic E-state index is 0.254. The van der Waals surface area contributed by atoms with E-state index in [1.807, 2.05) is 19.1 Å². The van der Waals surface area contributed by atoms with Crippen LogP contribution in [0.15, 0.2) is 18.2 Å². The highest BCUT2D eigenvalue weighted by atomic mass is 16.5. The molecule has 24 heavy (non-hydrogen) atoms. The number of fused-ring (bicyclic) bond motifs is 3. The summed E-state index contributed by atoms with van der Waals surface area (Å²) >= 11 is 0. The quantitative estimate of drug-likeness (QED) is 0.925. The fourth-order valence-corrected chi connectivity index (χ4v) is 4.28. The van der Waals surface area contributed by atoms with Gasteiger partial charge in [0.1, 0.15) is 5.75 Å². The molecule has 2 heterocycles.